The molecule has 16 heavy (non-hydrogen) atoms. The van der Waals surface area contributed by atoms with Crippen LogP contribution < -0.4 is 10.5 Å². The van der Waals surface area contributed by atoms with Gasteiger partial charge in [-0.1, -0.05) is 29.3 Å². The highest BCUT2D eigenvalue weighted by Gasteiger charge is 2.42. The van der Waals surface area contributed by atoms with Crippen molar-refractivity contribution in [1.29, 1.82) is 0 Å². The number of hydrogen-bond donors (Lipinski definition) is 1. The van der Waals surface area contributed by atoms with Crippen LogP contribution in [0.1, 0.15) is 19.3 Å². The molecule has 0 amide bonds. The van der Waals surface area contributed by atoms with Crippen molar-refractivity contribution in [1.82, 2.24) is 0 Å². The third-order valence-electron chi connectivity index (χ3n) is 3.07. The van der Waals surface area contributed by atoms with E-state index in [1.807, 2.05) is 6.07 Å². The molecule has 2 nitrogen and oxygen atoms in total. The molecular weight excluding hydrogens is 245 g/mol. The van der Waals surface area contributed by atoms with Gasteiger partial charge in [0.1, 0.15) is 0 Å². The van der Waals surface area contributed by atoms with Gasteiger partial charge in [-0.3, -0.25) is 0 Å². The predicted octanol–water partition coefficient (Wildman–Crippen LogP) is 3.50. The lowest BCUT2D eigenvalue weighted by Crippen LogP contribution is -2.17. The number of rotatable bonds is 5. The van der Waals surface area contributed by atoms with Crippen molar-refractivity contribution in [2.45, 2.75) is 19.3 Å². The lowest BCUT2D eigenvalue weighted by atomic mass is 10.0. The normalized spacial score (nSPS) is 17.2. The Morgan fingerprint density at radius 2 is 1.88 bits per heavy atom. The van der Waals surface area contributed by atoms with E-state index >= 15 is 0 Å². The van der Waals surface area contributed by atoms with Gasteiger partial charge in [-0.05, 0) is 37.9 Å². The lowest BCUT2D eigenvalue weighted by molar-refractivity contribution is 0.227. The van der Waals surface area contributed by atoms with E-state index in [1.165, 1.54) is 12.8 Å². The van der Waals surface area contributed by atoms with E-state index in [0.717, 1.165) is 6.42 Å². The van der Waals surface area contributed by atoms with Gasteiger partial charge in [0.2, 0.25) is 0 Å². The minimum Gasteiger partial charge on any atom is -0.490 e. The highest BCUT2D eigenvalue weighted by molar-refractivity contribution is 6.37. The molecule has 0 unspecified atom stereocenters. The molecule has 0 aromatic heterocycles. The first-order chi connectivity index (χ1) is 7.67. The molecule has 1 aromatic rings. The fourth-order valence-corrected chi connectivity index (χ4v) is 2.30. The van der Waals surface area contributed by atoms with Crippen molar-refractivity contribution in [3.63, 3.8) is 0 Å². The summed E-state index contributed by atoms with van der Waals surface area (Å²) in [5.41, 5.74) is 5.85. The summed E-state index contributed by atoms with van der Waals surface area (Å²) in [5.74, 6) is 0.592. The van der Waals surface area contributed by atoms with E-state index in [2.05, 4.69) is 0 Å². The van der Waals surface area contributed by atoms with Crippen LogP contribution in [-0.2, 0) is 0 Å². The lowest BCUT2D eigenvalue weighted by Gasteiger charge is -2.16. The van der Waals surface area contributed by atoms with Crippen LogP contribution in [0.2, 0.25) is 10.0 Å². The van der Waals surface area contributed by atoms with Crippen LogP contribution in [0.4, 0.5) is 0 Å². The number of hydrogen-bond acceptors (Lipinski definition) is 2. The van der Waals surface area contributed by atoms with Crippen LogP contribution in [0.25, 0.3) is 0 Å². The molecule has 4 heteroatoms. The van der Waals surface area contributed by atoms with Crippen LogP contribution in [0, 0.1) is 5.41 Å². The van der Waals surface area contributed by atoms with Crippen molar-refractivity contribution in [2.75, 3.05) is 13.2 Å². The van der Waals surface area contributed by atoms with E-state index in [9.17, 15) is 0 Å². The van der Waals surface area contributed by atoms with Crippen molar-refractivity contribution >= 4 is 23.2 Å². The summed E-state index contributed by atoms with van der Waals surface area (Å²) in [4.78, 5) is 0. The third kappa shape index (κ3) is 2.62. The molecule has 2 rings (SSSR count). The largest absolute Gasteiger partial charge is 0.490 e. The van der Waals surface area contributed by atoms with E-state index in [-0.39, 0.29) is 5.41 Å². The van der Waals surface area contributed by atoms with Crippen LogP contribution in [-0.4, -0.2) is 13.2 Å². The predicted molar refractivity (Wildman–Crippen MR) is 67.3 cm³/mol. The van der Waals surface area contributed by atoms with E-state index in [1.54, 1.807) is 12.1 Å². The van der Waals surface area contributed by atoms with Crippen molar-refractivity contribution < 1.29 is 4.74 Å². The number of halogens is 2. The van der Waals surface area contributed by atoms with Gasteiger partial charge >= 0.3 is 0 Å². The van der Waals surface area contributed by atoms with Crippen LogP contribution in [0.5, 0.6) is 5.75 Å². The fourth-order valence-electron chi connectivity index (χ4n) is 1.80. The number of ether oxygens (including phenoxy) is 1. The molecule has 0 atom stereocenters. The van der Waals surface area contributed by atoms with Gasteiger partial charge in [0.15, 0.2) is 5.75 Å². The van der Waals surface area contributed by atoms with E-state index in [0.29, 0.717) is 28.9 Å². The Kier molecular flexibility index (Phi) is 3.63. The molecular formula is C12H15Cl2NO. The monoisotopic (exact) mass is 259 g/mol. The summed E-state index contributed by atoms with van der Waals surface area (Å²) >= 11 is 12.0. The maximum absolute atomic E-state index is 6.02. The van der Waals surface area contributed by atoms with Gasteiger partial charge in [0.25, 0.3) is 0 Å². The van der Waals surface area contributed by atoms with Crippen molar-refractivity contribution in [3.05, 3.63) is 28.2 Å². The average Bonchev–Trinajstić information content (AvgIpc) is 2.98. The smallest absolute Gasteiger partial charge is 0.156 e. The standard InChI is InChI=1S/C12H15Cl2NO/c13-9-2-1-3-10(14)11(9)16-8-12(4-5-12)6-7-15/h1-3H,4-8,15H2. The maximum Gasteiger partial charge on any atom is 0.156 e. The topological polar surface area (TPSA) is 35.2 Å². The number of nitrogens with two attached hydrogens (primary N) is 1. The average molecular weight is 260 g/mol. The summed E-state index contributed by atoms with van der Waals surface area (Å²) in [7, 11) is 0. The zero-order chi connectivity index (χ0) is 11.6. The van der Waals surface area contributed by atoms with Gasteiger partial charge in [0.05, 0.1) is 16.7 Å². The van der Waals surface area contributed by atoms with Gasteiger partial charge in [-0.2, -0.15) is 0 Å². The highest BCUT2D eigenvalue weighted by Crippen LogP contribution is 2.49. The Balaban J connectivity index is 2.00. The zero-order valence-electron chi connectivity index (χ0n) is 9.01. The van der Waals surface area contributed by atoms with Gasteiger partial charge in [-0.25, -0.2) is 0 Å². The second kappa shape index (κ2) is 4.82. The minimum absolute atomic E-state index is 0.275. The SMILES string of the molecule is NCCC1(COc2c(Cl)cccc2Cl)CC1. The molecule has 1 fully saturated rings. The molecule has 0 bridgehead atoms. The molecule has 0 heterocycles. The molecule has 0 radical (unpaired) electrons. The Morgan fingerprint density at radius 1 is 1.25 bits per heavy atom. The Hall–Kier alpha value is -0.440. The second-order valence-electron chi connectivity index (χ2n) is 4.38. The Labute approximate surface area is 106 Å². The highest BCUT2D eigenvalue weighted by atomic mass is 35.5. The van der Waals surface area contributed by atoms with E-state index in [4.69, 9.17) is 33.7 Å². The molecule has 0 spiro atoms. The third-order valence-corrected chi connectivity index (χ3v) is 3.67. The maximum atomic E-state index is 6.02. The summed E-state index contributed by atoms with van der Waals surface area (Å²) in [6, 6.07) is 5.38. The zero-order valence-corrected chi connectivity index (χ0v) is 10.5. The van der Waals surface area contributed by atoms with Crippen molar-refractivity contribution in [2.24, 2.45) is 11.1 Å². The fraction of sp³-hybridized carbons (Fsp3) is 0.500. The Bertz CT molecular complexity index is 357. The molecule has 2 N–H and O–H groups in total. The summed E-state index contributed by atoms with van der Waals surface area (Å²) < 4.78 is 5.73. The summed E-state index contributed by atoms with van der Waals surface area (Å²) in [6.07, 6.45) is 3.38. The quantitative estimate of drug-likeness (QED) is 0.879. The molecule has 1 saturated carbocycles. The Morgan fingerprint density at radius 3 is 2.38 bits per heavy atom. The summed E-state index contributed by atoms with van der Waals surface area (Å²) in [5, 5.41) is 1.13. The van der Waals surface area contributed by atoms with Crippen LogP contribution in [0.15, 0.2) is 18.2 Å². The summed E-state index contributed by atoms with van der Waals surface area (Å²) in [6.45, 7) is 1.37. The molecule has 0 saturated heterocycles. The number of benzene rings is 1. The first kappa shape index (κ1) is 12.0. The van der Waals surface area contributed by atoms with Gasteiger partial charge < -0.3 is 10.5 Å². The van der Waals surface area contributed by atoms with E-state index < -0.39 is 0 Å². The molecule has 1 aliphatic rings. The molecule has 88 valence electrons. The van der Waals surface area contributed by atoms with Crippen LogP contribution >= 0.6 is 23.2 Å². The molecule has 1 aliphatic carbocycles. The minimum atomic E-state index is 0.275. The molecule has 0 aliphatic heterocycles. The van der Waals surface area contributed by atoms with Gasteiger partial charge in [-0.15, -0.1) is 0 Å². The first-order valence-corrected chi connectivity index (χ1v) is 6.19. The van der Waals surface area contributed by atoms with Crippen LogP contribution in [0.3, 0.4) is 0 Å². The van der Waals surface area contributed by atoms with Crippen molar-refractivity contribution in [3.8, 4) is 5.75 Å². The molecule has 1 aromatic carbocycles. The first-order valence-electron chi connectivity index (χ1n) is 5.44. The van der Waals surface area contributed by atoms with Gasteiger partial charge in [0, 0.05) is 5.41 Å². The second-order valence-corrected chi connectivity index (χ2v) is 5.19. The number of para-hydroxylation sites is 1.